The van der Waals surface area contributed by atoms with Crippen LogP contribution in [0.25, 0.3) is 0 Å². The van der Waals surface area contributed by atoms with E-state index in [1.807, 2.05) is 44.2 Å². The van der Waals surface area contributed by atoms with Gasteiger partial charge in [0.05, 0.1) is 11.4 Å². The van der Waals surface area contributed by atoms with Crippen LogP contribution in [-0.2, 0) is 9.59 Å². The molecule has 1 atom stereocenters. The summed E-state index contributed by atoms with van der Waals surface area (Å²) in [7, 11) is 0. The number of nitrogens with one attached hydrogen (secondary N) is 2. The van der Waals surface area contributed by atoms with E-state index in [0.717, 1.165) is 23.2 Å². The minimum Gasteiger partial charge on any atom is -0.355 e. The van der Waals surface area contributed by atoms with Crippen LogP contribution in [0.15, 0.2) is 52.7 Å². The highest BCUT2D eigenvalue weighted by Gasteiger charge is 2.29. The minimum absolute atomic E-state index is 0.199. The summed E-state index contributed by atoms with van der Waals surface area (Å²) in [6.07, 6.45) is 1.40. The van der Waals surface area contributed by atoms with Crippen LogP contribution >= 0.6 is 0 Å². The molecule has 2 aromatic rings. The maximum atomic E-state index is 12.3. The predicted octanol–water partition coefficient (Wildman–Crippen LogP) is 4.18. The van der Waals surface area contributed by atoms with Gasteiger partial charge in [0.15, 0.2) is 0 Å². The number of nitrogens with zero attached hydrogens (tertiary/aromatic N) is 2. The summed E-state index contributed by atoms with van der Waals surface area (Å²) >= 11 is 0. The van der Waals surface area contributed by atoms with Crippen molar-refractivity contribution in [3.8, 4) is 0 Å². The van der Waals surface area contributed by atoms with Crippen molar-refractivity contribution in [2.24, 2.45) is 16.1 Å². The second-order valence-corrected chi connectivity index (χ2v) is 6.46. The minimum atomic E-state index is -0.622. The number of rotatable bonds is 4. The molecule has 0 aromatic heterocycles. The molecule has 26 heavy (non-hydrogen) atoms. The van der Waals surface area contributed by atoms with E-state index in [1.54, 1.807) is 12.1 Å². The van der Waals surface area contributed by atoms with E-state index in [4.69, 9.17) is 0 Å². The molecule has 1 aliphatic rings. The van der Waals surface area contributed by atoms with E-state index in [0.29, 0.717) is 24.3 Å². The first-order valence-corrected chi connectivity index (χ1v) is 8.71. The fourth-order valence-electron chi connectivity index (χ4n) is 2.88. The average Bonchev–Trinajstić information content (AvgIpc) is 2.63. The van der Waals surface area contributed by atoms with Gasteiger partial charge in [-0.15, -0.1) is 0 Å². The van der Waals surface area contributed by atoms with Crippen LogP contribution in [0.1, 0.15) is 24.0 Å². The summed E-state index contributed by atoms with van der Waals surface area (Å²) in [5.41, 5.74) is 4.15. The maximum Gasteiger partial charge on any atom is 0.236 e. The van der Waals surface area contributed by atoms with Crippen molar-refractivity contribution >= 4 is 28.9 Å². The summed E-state index contributed by atoms with van der Waals surface area (Å²) in [5, 5.41) is 14.1. The molecule has 1 heterocycles. The van der Waals surface area contributed by atoms with Crippen LogP contribution < -0.4 is 10.6 Å². The van der Waals surface area contributed by atoms with Gasteiger partial charge in [-0.3, -0.25) is 9.59 Å². The van der Waals surface area contributed by atoms with Crippen LogP contribution in [0, 0.1) is 19.8 Å². The lowest BCUT2D eigenvalue weighted by Crippen LogP contribution is -2.42. The predicted molar refractivity (Wildman–Crippen MR) is 101 cm³/mol. The molecule has 0 unspecified atom stereocenters. The summed E-state index contributed by atoms with van der Waals surface area (Å²) in [5.74, 6) is -1.08. The van der Waals surface area contributed by atoms with Crippen molar-refractivity contribution in [2.75, 3.05) is 11.9 Å². The smallest absolute Gasteiger partial charge is 0.236 e. The van der Waals surface area contributed by atoms with Gasteiger partial charge in [-0.1, -0.05) is 18.2 Å². The third-order valence-electron chi connectivity index (χ3n) is 4.46. The third-order valence-corrected chi connectivity index (χ3v) is 4.46. The van der Waals surface area contributed by atoms with Crippen molar-refractivity contribution < 1.29 is 9.59 Å². The van der Waals surface area contributed by atoms with Crippen molar-refractivity contribution in [3.63, 3.8) is 0 Å². The number of aryl methyl sites for hydroxylation is 2. The molecule has 0 spiro atoms. The monoisotopic (exact) mass is 350 g/mol. The molecule has 6 heteroatoms. The number of hydrogen-bond acceptors (Lipinski definition) is 4. The molecule has 2 aromatic carbocycles. The Morgan fingerprint density at radius 1 is 1.12 bits per heavy atom. The zero-order valence-electron chi connectivity index (χ0n) is 15.0. The van der Waals surface area contributed by atoms with Crippen LogP contribution in [0.5, 0.6) is 0 Å². The highest BCUT2D eigenvalue weighted by atomic mass is 16.2. The summed E-state index contributed by atoms with van der Waals surface area (Å²) < 4.78 is 0. The molecule has 3 rings (SSSR count). The van der Waals surface area contributed by atoms with Gasteiger partial charge < -0.3 is 10.6 Å². The lowest BCUT2D eigenvalue weighted by molar-refractivity contribution is -0.134. The molecule has 1 aliphatic heterocycles. The number of benzene rings is 2. The summed E-state index contributed by atoms with van der Waals surface area (Å²) in [6, 6.07) is 13.2. The molecule has 6 nitrogen and oxygen atoms in total. The molecule has 0 bridgehead atoms. The Balaban J connectivity index is 1.70. The molecule has 1 saturated heterocycles. The van der Waals surface area contributed by atoms with Gasteiger partial charge in [0.1, 0.15) is 5.92 Å². The number of anilines is 1. The van der Waals surface area contributed by atoms with E-state index in [-0.39, 0.29) is 11.8 Å². The molecule has 0 radical (unpaired) electrons. The first-order chi connectivity index (χ1) is 12.5. The molecule has 0 aliphatic carbocycles. The van der Waals surface area contributed by atoms with Gasteiger partial charge in [-0.25, -0.2) is 0 Å². The number of piperidine rings is 1. The van der Waals surface area contributed by atoms with Crippen LogP contribution in [0.2, 0.25) is 0 Å². The molecule has 2 N–H and O–H groups in total. The van der Waals surface area contributed by atoms with Gasteiger partial charge in [-0.2, -0.15) is 10.2 Å². The molecule has 134 valence electrons. The highest BCUT2D eigenvalue weighted by Crippen LogP contribution is 2.26. The number of hydrogen-bond donors (Lipinski definition) is 2. The van der Waals surface area contributed by atoms with E-state index < -0.39 is 5.92 Å². The standard InChI is InChI=1S/C20H22N4O2/c1-13-6-3-4-8-18(13)24-23-15-9-10-17(14(2)12-15)22-20(26)16-7-5-11-21-19(16)25/h3-4,6,8-10,12,16H,5,7,11H2,1-2H3,(H,21,25)(H,22,26)/t16-/m1/s1. The second kappa shape index (κ2) is 7.91. The molecule has 0 saturated carbocycles. The topological polar surface area (TPSA) is 82.9 Å². The van der Waals surface area contributed by atoms with Crippen molar-refractivity contribution in [2.45, 2.75) is 26.7 Å². The van der Waals surface area contributed by atoms with Gasteiger partial charge in [-0.05, 0) is 62.1 Å². The molecule has 1 fully saturated rings. The van der Waals surface area contributed by atoms with E-state index >= 15 is 0 Å². The van der Waals surface area contributed by atoms with Crippen molar-refractivity contribution in [1.29, 1.82) is 0 Å². The van der Waals surface area contributed by atoms with Crippen LogP contribution in [0.4, 0.5) is 17.1 Å². The first-order valence-electron chi connectivity index (χ1n) is 8.71. The fourth-order valence-corrected chi connectivity index (χ4v) is 2.88. The summed E-state index contributed by atoms with van der Waals surface area (Å²) in [6.45, 7) is 4.52. The number of azo groups is 1. The highest BCUT2D eigenvalue weighted by molar-refractivity contribution is 6.07. The van der Waals surface area contributed by atoms with E-state index in [9.17, 15) is 9.59 Å². The quantitative estimate of drug-likeness (QED) is 0.640. The largest absolute Gasteiger partial charge is 0.355 e. The van der Waals surface area contributed by atoms with Gasteiger partial charge in [0, 0.05) is 12.2 Å². The molecular weight excluding hydrogens is 328 g/mol. The Morgan fingerprint density at radius 3 is 2.65 bits per heavy atom. The summed E-state index contributed by atoms with van der Waals surface area (Å²) in [4.78, 5) is 24.2. The van der Waals surface area contributed by atoms with Gasteiger partial charge >= 0.3 is 0 Å². The molecule has 2 amide bonds. The van der Waals surface area contributed by atoms with Crippen LogP contribution in [-0.4, -0.2) is 18.4 Å². The Morgan fingerprint density at radius 2 is 1.92 bits per heavy atom. The number of carbonyl (C=O) groups is 2. The Bertz CT molecular complexity index is 861. The maximum absolute atomic E-state index is 12.3. The normalized spacial score (nSPS) is 17.2. The zero-order valence-corrected chi connectivity index (χ0v) is 15.0. The Hall–Kier alpha value is -3.02. The number of amides is 2. The van der Waals surface area contributed by atoms with Crippen molar-refractivity contribution in [1.82, 2.24) is 5.32 Å². The zero-order chi connectivity index (χ0) is 18.5. The Kier molecular flexibility index (Phi) is 5.41. The fraction of sp³-hybridized carbons (Fsp3) is 0.300. The number of carbonyl (C=O) groups excluding carboxylic acids is 2. The van der Waals surface area contributed by atoms with Gasteiger partial charge in [0.2, 0.25) is 11.8 Å². The third kappa shape index (κ3) is 4.14. The lowest BCUT2D eigenvalue weighted by atomic mass is 9.97. The first kappa shape index (κ1) is 17.8. The van der Waals surface area contributed by atoms with E-state index in [1.165, 1.54) is 0 Å². The van der Waals surface area contributed by atoms with Crippen molar-refractivity contribution in [3.05, 3.63) is 53.6 Å². The SMILES string of the molecule is Cc1ccccc1N=Nc1ccc(NC(=O)[C@@H]2CCCNC2=O)c(C)c1. The molecular formula is C20H22N4O2. The second-order valence-electron chi connectivity index (χ2n) is 6.46. The van der Waals surface area contributed by atoms with Gasteiger partial charge in [0.25, 0.3) is 0 Å². The lowest BCUT2D eigenvalue weighted by Gasteiger charge is -2.21. The Labute approximate surface area is 152 Å². The van der Waals surface area contributed by atoms with E-state index in [2.05, 4.69) is 20.9 Å². The average molecular weight is 350 g/mol. The van der Waals surface area contributed by atoms with Crippen LogP contribution in [0.3, 0.4) is 0 Å².